The molecule has 0 unspecified atom stereocenters. The first-order valence-electron chi connectivity index (χ1n) is 3.42. The molecule has 0 aliphatic heterocycles. The highest BCUT2D eigenvalue weighted by Gasteiger charge is 2.13. The Morgan fingerprint density at radius 1 is 1.25 bits per heavy atom. The molecule has 58 valence electrons. The minimum atomic E-state index is 0.375. The predicted octanol–water partition coefficient (Wildman–Crippen LogP) is 1.42. The molecule has 1 heterocycles. The maximum Gasteiger partial charge on any atom is 0.529 e. The number of hydrogen-bond acceptors (Lipinski definition) is 3. The van der Waals surface area contributed by atoms with Crippen molar-refractivity contribution in [2.75, 3.05) is 0 Å². The molecule has 12 heavy (non-hydrogen) atoms. The number of rotatable bonds is 1. The van der Waals surface area contributed by atoms with Gasteiger partial charge in [0.2, 0.25) is 0 Å². The Hall–Kier alpha value is -1.42. The highest BCUT2D eigenvalue weighted by atomic mass is 32.1. The van der Waals surface area contributed by atoms with Crippen molar-refractivity contribution in [3.63, 3.8) is 0 Å². The summed E-state index contributed by atoms with van der Waals surface area (Å²) in [5.41, 5.74) is 0. The fraction of sp³-hybridized carbons (Fsp3) is 0. The van der Waals surface area contributed by atoms with Gasteiger partial charge in [-0.15, -0.1) is 0 Å². The SMILES string of the molecule is O=[S+]c1nncc2ccccc12. The largest absolute Gasteiger partial charge is 0.529 e. The smallest absolute Gasteiger partial charge is 0.153 e. The van der Waals surface area contributed by atoms with E-state index in [9.17, 15) is 4.21 Å². The summed E-state index contributed by atoms with van der Waals surface area (Å²) in [6, 6.07) is 7.56. The van der Waals surface area contributed by atoms with Crippen LogP contribution in [0.4, 0.5) is 0 Å². The maximum atomic E-state index is 10.6. The fourth-order valence-corrected chi connectivity index (χ4v) is 1.42. The van der Waals surface area contributed by atoms with Crippen molar-refractivity contribution in [2.45, 2.75) is 5.03 Å². The van der Waals surface area contributed by atoms with Gasteiger partial charge in [0.15, 0.2) is 0 Å². The summed E-state index contributed by atoms with van der Waals surface area (Å²) in [4.78, 5) is 0. The summed E-state index contributed by atoms with van der Waals surface area (Å²) < 4.78 is 10.6. The third kappa shape index (κ3) is 1.06. The number of hydrogen-bond donors (Lipinski definition) is 0. The van der Waals surface area contributed by atoms with E-state index < -0.39 is 0 Å². The molecule has 1 aromatic carbocycles. The fourth-order valence-electron chi connectivity index (χ4n) is 1.06. The zero-order chi connectivity index (χ0) is 8.39. The van der Waals surface area contributed by atoms with Crippen LogP contribution in [0.15, 0.2) is 35.5 Å². The zero-order valence-electron chi connectivity index (χ0n) is 6.10. The van der Waals surface area contributed by atoms with Crippen LogP contribution < -0.4 is 0 Å². The summed E-state index contributed by atoms with van der Waals surface area (Å²) in [6.07, 6.45) is 1.65. The molecule has 1 aromatic heterocycles. The molecular weight excluding hydrogens is 172 g/mol. The predicted molar refractivity (Wildman–Crippen MR) is 45.9 cm³/mol. The lowest BCUT2D eigenvalue weighted by Crippen LogP contribution is -1.87. The van der Waals surface area contributed by atoms with Gasteiger partial charge in [-0.25, -0.2) is 0 Å². The number of benzene rings is 1. The first-order chi connectivity index (χ1) is 5.92. The Morgan fingerprint density at radius 3 is 2.92 bits per heavy atom. The number of aromatic nitrogens is 2. The van der Waals surface area contributed by atoms with Crippen LogP contribution in [0, 0.1) is 0 Å². The first kappa shape index (κ1) is 7.24. The van der Waals surface area contributed by atoms with Crippen LogP contribution in [0.3, 0.4) is 0 Å². The summed E-state index contributed by atoms with van der Waals surface area (Å²) in [6.45, 7) is 0. The molecule has 2 aromatic rings. The van der Waals surface area contributed by atoms with Crippen LogP contribution in [-0.4, -0.2) is 10.2 Å². The second kappa shape index (κ2) is 2.91. The first-order valence-corrected chi connectivity index (χ1v) is 4.16. The lowest BCUT2D eigenvalue weighted by molar-refractivity contribution is 0.603. The third-order valence-corrected chi connectivity index (χ3v) is 2.07. The molecule has 0 fully saturated rings. The van der Waals surface area contributed by atoms with Crippen molar-refractivity contribution in [1.29, 1.82) is 0 Å². The normalized spacial score (nSPS) is 10.0. The summed E-state index contributed by atoms with van der Waals surface area (Å²) >= 11 is 0.375. The summed E-state index contributed by atoms with van der Waals surface area (Å²) in [5.74, 6) is 0. The van der Waals surface area contributed by atoms with Crippen molar-refractivity contribution in [1.82, 2.24) is 10.2 Å². The van der Waals surface area contributed by atoms with E-state index in [2.05, 4.69) is 10.2 Å². The van der Waals surface area contributed by atoms with Gasteiger partial charge in [-0.05, 0) is 6.07 Å². The highest BCUT2D eigenvalue weighted by Crippen LogP contribution is 2.14. The van der Waals surface area contributed by atoms with Crippen LogP contribution in [0.5, 0.6) is 0 Å². The van der Waals surface area contributed by atoms with Crippen LogP contribution in [0.2, 0.25) is 0 Å². The van der Waals surface area contributed by atoms with Gasteiger partial charge in [-0.1, -0.05) is 23.3 Å². The van der Waals surface area contributed by atoms with Crippen molar-refractivity contribution < 1.29 is 4.21 Å². The number of nitrogens with zero attached hydrogens (tertiary/aromatic N) is 2. The monoisotopic (exact) mass is 177 g/mol. The Morgan fingerprint density at radius 2 is 2.08 bits per heavy atom. The molecule has 0 radical (unpaired) electrons. The van der Waals surface area contributed by atoms with Crippen molar-refractivity contribution in [3.05, 3.63) is 30.5 Å². The van der Waals surface area contributed by atoms with Gasteiger partial charge in [0.25, 0.3) is 0 Å². The molecule has 0 N–H and O–H groups in total. The van der Waals surface area contributed by atoms with E-state index in [4.69, 9.17) is 0 Å². The topological polar surface area (TPSA) is 42.9 Å². The van der Waals surface area contributed by atoms with Crippen LogP contribution in [0.1, 0.15) is 0 Å². The van der Waals surface area contributed by atoms with Crippen LogP contribution in [0.25, 0.3) is 10.8 Å². The van der Waals surface area contributed by atoms with Gasteiger partial charge in [-0.3, -0.25) is 0 Å². The van der Waals surface area contributed by atoms with E-state index in [1.807, 2.05) is 24.3 Å². The molecule has 4 heteroatoms. The molecule has 0 bridgehead atoms. The third-order valence-electron chi connectivity index (χ3n) is 1.62. The van der Waals surface area contributed by atoms with E-state index in [0.717, 1.165) is 10.8 Å². The molecule has 0 spiro atoms. The molecule has 2 rings (SSSR count). The Kier molecular flexibility index (Phi) is 1.75. The van der Waals surface area contributed by atoms with Gasteiger partial charge < -0.3 is 0 Å². The minimum absolute atomic E-state index is 0.375. The van der Waals surface area contributed by atoms with Crippen molar-refractivity contribution in [3.8, 4) is 0 Å². The van der Waals surface area contributed by atoms with Crippen LogP contribution >= 0.6 is 0 Å². The Labute approximate surface area is 72.9 Å². The van der Waals surface area contributed by atoms with Crippen molar-refractivity contribution in [2.24, 2.45) is 0 Å². The molecular formula is C8H5N2OS+. The zero-order valence-corrected chi connectivity index (χ0v) is 6.91. The molecule has 0 atom stereocenters. The molecule has 0 saturated heterocycles. The molecule has 0 aliphatic rings. The van der Waals surface area contributed by atoms with Gasteiger partial charge in [0.1, 0.15) is 0 Å². The second-order valence-electron chi connectivity index (χ2n) is 2.32. The Bertz CT molecular complexity index is 425. The van der Waals surface area contributed by atoms with E-state index in [1.165, 1.54) is 0 Å². The lowest BCUT2D eigenvalue weighted by atomic mass is 10.2. The van der Waals surface area contributed by atoms with Gasteiger partial charge >= 0.3 is 16.7 Å². The van der Waals surface area contributed by atoms with Crippen molar-refractivity contribution >= 4 is 22.4 Å². The molecule has 3 nitrogen and oxygen atoms in total. The number of fused-ring (bicyclic) bond motifs is 1. The molecule has 0 saturated carbocycles. The Balaban J connectivity index is 2.88. The highest BCUT2D eigenvalue weighted by molar-refractivity contribution is 7.65. The minimum Gasteiger partial charge on any atom is -0.153 e. The van der Waals surface area contributed by atoms with E-state index in [0.29, 0.717) is 16.7 Å². The quantitative estimate of drug-likeness (QED) is 0.618. The van der Waals surface area contributed by atoms with Gasteiger partial charge in [0, 0.05) is 9.60 Å². The second-order valence-corrected chi connectivity index (χ2v) is 2.87. The molecule has 0 amide bonds. The van der Waals surface area contributed by atoms with Gasteiger partial charge in [0.05, 0.1) is 11.6 Å². The maximum absolute atomic E-state index is 10.6. The van der Waals surface area contributed by atoms with E-state index in [-0.39, 0.29) is 0 Å². The standard InChI is InChI=1S/C8H5N2OS/c11-12-8-7-4-2-1-3-6(7)5-9-10-8/h1-5H/q+1. The average molecular weight is 177 g/mol. The summed E-state index contributed by atoms with van der Waals surface area (Å²) in [7, 11) is 0. The van der Waals surface area contributed by atoms with Crippen LogP contribution in [-0.2, 0) is 15.9 Å². The van der Waals surface area contributed by atoms with E-state index in [1.54, 1.807) is 6.20 Å². The summed E-state index contributed by atoms with van der Waals surface area (Å²) in [5, 5.41) is 9.69. The molecule has 0 aliphatic carbocycles. The van der Waals surface area contributed by atoms with Gasteiger partial charge in [-0.2, -0.15) is 5.10 Å². The average Bonchev–Trinajstić information content (AvgIpc) is 2.17. The lowest BCUT2D eigenvalue weighted by Gasteiger charge is -1.89. The van der Waals surface area contributed by atoms with E-state index >= 15 is 0 Å².